The van der Waals surface area contributed by atoms with Gasteiger partial charge < -0.3 is 19.2 Å². The lowest BCUT2D eigenvalue weighted by Crippen LogP contribution is -2.33. The van der Waals surface area contributed by atoms with Crippen molar-refractivity contribution in [1.82, 2.24) is 10.3 Å². The number of aryl methyl sites for hydroxylation is 1. The Morgan fingerprint density at radius 3 is 2.92 bits per heavy atom. The Labute approximate surface area is 153 Å². The van der Waals surface area contributed by atoms with Gasteiger partial charge in [-0.15, -0.1) is 0 Å². The fraction of sp³-hybridized carbons (Fsp3) is 0.286. The Morgan fingerprint density at radius 2 is 2.00 bits per heavy atom. The summed E-state index contributed by atoms with van der Waals surface area (Å²) in [5.41, 5.74) is 2.17. The number of hydrogen-bond acceptors (Lipinski definition) is 5. The van der Waals surface area contributed by atoms with Gasteiger partial charge in [-0.2, -0.15) is 0 Å². The number of methoxy groups -OCH3 is 1. The summed E-state index contributed by atoms with van der Waals surface area (Å²) in [6, 6.07) is 16.3. The molecular weight excluding hydrogens is 328 g/mol. The van der Waals surface area contributed by atoms with Crippen molar-refractivity contribution in [3.63, 3.8) is 0 Å². The van der Waals surface area contributed by atoms with E-state index in [1.165, 1.54) is 5.56 Å². The summed E-state index contributed by atoms with van der Waals surface area (Å²) >= 11 is 0. The minimum absolute atomic E-state index is 0.268. The van der Waals surface area contributed by atoms with Crippen LogP contribution in [-0.2, 0) is 13.0 Å². The lowest BCUT2D eigenvalue weighted by Gasteiger charge is -2.14. The fourth-order valence-electron chi connectivity index (χ4n) is 3.21. The van der Waals surface area contributed by atoms with Gasteiger partial charge in [-0.05, 0) is 36.6 Å². The number of nitrogens with zero attached hydrogens (tertiary/aromatic N) is 1. The van der Waals surface area contributed by atoms with Gasteiger partial charge in [0.1, 0.15) is 18.1 Å². The van der Waals surface area contributed by atoms with Crippen LogP contribution in [0.5, 0.6) is 11.5 Å². The monoisotopic (exact) mass is 350 g/mol. The van der Waals surface area contributed by atoms with Crippen LogP contribution in [0.15, 0.2) is 59.1 Å². The van der Waals surface area contributed by atoms with E-state index in [1.807, 2.05) is 36.4 Å². The smallest absolute Gasteiger partial charge is 0.208 e. The van der Waals surface area contributed by atoms with E-state index in [1.54, 1.807) is 13.3 Å². The minimum atomic E-state index is 0.268. The van der Waals surface area contributed by atoms with E-state index < -0.39 is 0 Å². The molecule has 0 radical (unpaired) electrons. The summed E-state index contributed by atoms with van der Waals surface area (Å²) in [5, 5.41) is 3.49. The molecule has 2 aromatic carbocycles. The number of rotatable bonds is 5. The molecule has 0 amide bonds. The van der Waals surface area contributed by atoms with Crippen molar-refractivity contribution in [1.29, 1.82) is 0 Å². The number of benzene rings is 2. The second kappa shape index (κ2) is 7.62. The quantitative estimate of drug-likeness (QED) is 0.758. The molecule has 2 heterocycles. The second-order valence-corrected chi connectivity index (χ2v) is 6.35. The predicted molar refractivity (Wildman–Crippen MR) is 99.4 cm³/mol. The summed E-state index contributed by atoms with van der Waals surface area (Å²) in [7, 11) is 1.65. The summed E-state index contributed by atoms with van der Waals surface area (Å²) < 4.78 is 17.2. The van der Waals surface area contributed by atoms with Gasteiger partial charge in [0.15, 0.2) is 5.76 Å². The maximum atomic E-state index is 5.92. The van der Waals surface area contributed by atoms with E-state index in [0.29, 0.717) is 24.8 Å². The first-order chi connectivity index (χ1) is 12.8. The highest BCUT2D eigenvalue weighted by Gasteiger charge is 2.17. The SMILES string of the molecule is COc1ccccc1-c1cnc(CNC2CCc3ccccc3OC2)o1. The lowest BCUT2D eigenvalue weighted by molar-refractivity contribution is 0.263. The van der Waals surface area contributed by atoms with Gasteiger partial charge >= 0.3 is 0 Å². The van der Waals surface area contributed by atoms with Gasteiger partial charge in [-0.25, -0.2) is 4.98 Å². The van der Waals surface area contributed by atoms with Crippen LogP contribution in [0, 0.1) is 0 Å². The van der Waals surface area contributed by atoms with E-state index in [4.69, 9.17) is 13.9 Å². The van der Waals surface area contributed by atoms with Crippen LogP contribution in [0.2, 0.25) is 0 Å². The third-order valence-electron chi connectivity index (χ3n) is 4.64. The fourth-order valence-corrected chi connectivity index (χ4v) is 3.21. The molecule has 0 fully saturated rings. The van der Waals surface area contributed by atoms with E-state index in [-0.39, 0.29) is 6.04 Å². The second-order valence-electron chi connectivity index (χ2n) is 6.35. The molecule has 3 aromatic rings. The van der Waals surface area contributed by atoms with Gasteiger partial charge in [0.2, 0.25) is 5.89 Å². The van der Waals surface area contributed by atoms with Gasteiger partial charge in [0, 0.05) is 6.04 Å². The van der Waals surface area contributed by atoms with Crippen LogP contribution in [0.25, 0.3) is 11.3 Å². The van der Waals surface area contributed by atoms with Crippen LogP contribution in [-0.4, -0.2) is 24.7 Å². The highest BCUT2D eigenvalue weighted by Crippen LogP contribution is 2.30. The van der Waals surface area contributed by atoms with E-state index >= 15 is 0 Å². The van der Waals surface area contributed by atoms with Crippen molar-refractivity contribution >= 4 is 0 Å². The number of oxazole rings is 1. The number of nitrogens with one attached hydrogen (secondary N) is 1. The first-order valence-corrected chi connectivity index (χ1v) is 8.85. The first-order valence-electron chi connectivity index (χ1n) is 8.85. The molecule has 4 rings (SSSR count). The number of hydrogen-bond donors (Lipinski definition) is 1. The number of fused-ring (bicyclic) bond motifs is 1. The van der Waals surface area contributed by atoms with Gasteiger partial charge in [0.25, 0.3) is 0 Å². The lowest BCUT2D eigenvalue weighted by atomic mass is 10.1. The van der Waals surface area contributed by atoms with Crippen LogP contribution < -0.4 is 14.8 Å². The normalized spacial score (nSPS) is 16.4. The third kappa shape index (κ3) is 3.58. The van der Waals surface area contributed by atoms with Crippen molar-refractivity contribution in [3.8, 4) is 22.8 Å². The molecule has 0 aliphatic carbocycles. The summed E-state index contributed by atoms with van der Waals surface area (Å²) in [6.45, 7) is 1.22. The molecule has 1 aliphatic rings. The Kier molecular flexibility index (Phi) is 4.88. The predicted octanol–water partition coefficient (Wildman–Crippen LogP) is 3.83. The Morgan fingerprint density at radius 1 is 1.15 bits per heavy atom. The number of ether oxygens (including phenoxy) is 2. The van der Waals surface area contributed by atoms with Crippen LogP contribution in [0.1, 0.15) is 17.9 Å². The van der Waals surface area contributed by atoms with Crippen LogP contribution in [0.3, 0.4) is 0 Å². The molecule has 0 saturated carbocycles. The standard InChI is InChI=1S/C21H22N2O3/c1-24-19-9-5-3-7-17(19)20-12-23-21(26-20)13-22-16-11-10-15-6-2-4-8-18(15)25-14-16/h2-9,12,16,22H,10-11,13-14H2,1H3. The van der Waals surface area contributed by atoms with Gasteiger partial charge in [-0.3, -0.25) is 0 Å². The molecule has 5 heteroatoms. The summed E-state index contributed by atoms with van der Waals surface area (Å²) in [5.74, 6) is 3.14. The van der Waals surface area contributed by atoms with Crippen molar-refractivity contribution in [2.45, 2.75) is 25.4 Å². The van der Waals surface area contributed by atoms with E-state index in [2.05, 4.69) is 22.4 Å². The van der Waals surface area contributed by atoms with Crippen molar-refractivity contribution in [2.75, 3.05) is 13.7 Å². The zero-order chi connectivity index (χ0) is 17.8. The van der Waals surface area contributed by atoms with Gasteiger partial charge in [-0.1, -0.05) is 30.3 Å². The number of para-hydroxylation sites is 2. The largest absolute Gasteiger partial charge is 0.496 e. The highest BCUT2D eigenvalue weighted by atomic mass is 16.5. The maximum Gasteiger partial charge on any atom is 0.208 e. The van der Waals surface area contributed by atoms with Crippen LogP contribution >= 0.6 is 0 Å². The topological polar surface area (TPSA) is 56.5 Å². The number of aromatic nitrogens is 1. The molecule has 26 heavy (non-hydrogen) atoms. The average molecular weight is 350 g/mol. The Balaban J connectivity index is 1.38. The van der Waals surface area contributed by atoms with E-state index in [9.17, 15) is 0 Å². The van der Waals surface area contributed by atoms with Gasteiger partial charge in [0.05, 0.1) is 25.4 Å². The molecule has 134 valence electrons. The molecule has 1 aliphatic heterocycles. The van der Waals surface area contributed by atoms with Crippen molar-refractivity contribution in [3.05, 3.63) is 66.2 Å². The Bertz CT molecular complexity index is 848. The molecule has 1 unspecified atom stereocenters. The third-order valence-corrected chi connectivity index (χ3v) is 4.64. The van der Waals surface area contributed by atoms with Crippen LogP contribution in [0.4, 0.5) is 0 Å². The summed E-state index contributed by atoms with van der Waals surface area (Å²) in [6.07, 6.45) is 3.78. The molecular formula is C21H22N2O3. The Hall–Kier alpha value is -2.79. The first kappa shape index (κ1) is 16.7. The molecule has 1 aromatic heterocycles. The highest BCUT2D eigenvalue weighted by molar-refractivity contribution is 5.64. The molecule has 0 bridgehead atoms. The molecule has 0 saturated heterocycles. The molecule has 1 N–H and O–H groups in total. The minimum Gasteiger partial charge on any atom is -0.496 e. The molecule has 1 atom stereocenters. The van der Waals surface area contributed by atoms with Crippen molar-refractivity contribution in [2.24, 2.45) is 0 Å². The van der Waals surface area contributed by atoms with E-state index in [0.717, 1.165) is 29.9 Å². The zero-order valence-corrected chi connectivity index (χ0v) is 14.8. The zero-order valence-electron chi connectivity index (χ0n) is 14.8. The average Bonchev–Trinajstić information content (AvgIpc) is 3.07. The van der Waals surface area contributed by atoms with Crippen molar-refractivity contribution < 1.29 is 13.9 Å². The summed E-state index contributed by atoms with van der Waals surface area (Å²) in [4.78, 5) is 4.39. The molecule has 0 spiro atoms. The molecule has 5 nitrogen and oxygen atoms in total. The maximum absolute atomic E-state index is 5.92.